The minimum Gasteiger partial charge on any atom is -0.309 e. The molecule has 2 aromatic heterocycles. The van der Waals surface area contributed by atoms with Crippen LogP contribution in [0.25, 0.3) is 88.4 Å². The van der Waals surface area contributed by atoms with Gasteiger partial charge in [0.05, 0.1) is 22.1 Å². The van der Waals surface area contributed by atoms with Gasteiger partial charge in [-0.25, -0.2) is 0 Å². The van der Waals surface area contributed by atoms with Crippen molar-refractivity contribution in [3.8, 4) is 44.8 Å². The summed E-state index contributed by atoms with van der Waals surface area (Å²) in [7, 11) is 0. The molecule has 0 N–H and O–H groups in total. The van der Waals surface area contributed by atoms with E-state index >= 15 is 0 Å². The summed E-state index contributed by atoms with van der Waals surface area (Å²) in [6.45, 7) is 0. The van der Waals surface area contributed by atoms with E-state index in [1.807, 2.05) is 0 Å². The summed E-state index contributed by atoms with van der Waals surface area (Å²) >= 11 is 0. The molecule has 0 bridgehead atoms. The van der Waals surface area contributed by atoms with Crippen LogP contribution in [0.15, 0.2) is 194 Å². The monoisotopic (exact) mass is 636 g/mol. The third-order valence-electron chi connectivity index (χ3n) is 10.1. The van der Waals surface area contributed by atoms with E-state index in [4.69, 9.17) is 0 Å². The van der Waals surface area contributed by atoms with E-state index in [-0.39, 0.29) is 0 Å². The van der Waals surface area contributed by atoms with Crippen LogP contribution in [-0.4, -0.2) is 9.13 Å². The molecular formula is C48H32N2. The molecule has 10 aromatic rings. The van der Waals surface area contributed by atoms with Gasteiger partial charge in [-0.15, -0.1) is 0 Å². The molecule has 0 atom stereocenters. The molecule has 0 aliphatic heterocycles. The topological polar surface area (TPSA) is 9.86 Å². The van der Waals surface area contributed by atoms with Gasteiger partial charge in [0, 0.05) is 38.5 Å². The molecule has 0 unspecified atom stereocenters. The van der Waals surface area contributed by atoms with Crippen LogP contribution in [0, 0.1) is 0 Å². The first kappa shape index (κ1) is 28.4. The van der Waals surface area contributed by atoms with E-state index in [1.165, 1.54) is 77.0 Å². The average molecular weight is 637 g/mol. The van der Waals surface area contributed by atoms with Crippen molar-refractivity contribution in [1.29, 1.82) is 0 Å². The summed E-state index contributed by atoms with van der Waals surface area (Å²) in [6, 6.07) is 70.5. The number of fused-ring (bicyclic) bond motifs is 6. The lowest BCUT2D eigenvalue weighted by Crippen LogP contribution is -1.98. The van der Waals surface area contributed by atoms with Crippen LogP contribution in [-0.2, 0) is 0 Å². The second kappa shape index (κ2) is 11.5. The van der Waals surface area contributed by atoms with Gasteiger partial charge in [-0.05, 0) is 82.4 Å². The lowest BCUT2D eigenvalue weighted by molar-refractivity contribution is 1.15. The first-order valence-corrected chi connectivity index (χ1v) is 17.2. The van der Waals surface area contributed by atoms with Gasteiger partial charge in [-0.3, -0.25) is 0 Å². The molecule has 0 spiro atoms. The van der Waals surface area contributed by atoms with Crippen molar-refractivity contribution in [2.45, 2.75) is 0 Å². The molecule has 2 heterocycles. The Morgan fingerprint density at radius 1 is 0.260 bits per heavy atom. The minimum absolute atomic E-state index is 1.13. The van der Waals surface area contributed by atoms with E-state index < -0.39 is 0 Å². The molecule has 2 nitrogen and oxygen atoms in total. The molecular weight excluding hydrogens is 605 g/mol. The normalized spacial score (nSPS) is 11.6. The molecule has 0 saturated carbocycles. The van der Waals surface area contributed by atoms with Gasteiger partial charge in [-0.1, -0.05) is 140 Å². The molecule has 0 saturated heterocycles. The fraction of sp³-hybridized carbons (Fsp3) is 0. The Bertz CT molecular complexity index is 2830. The van der Waals surface area contributed by atoms with Gasteiger partial charge in [-0.2, -0.15) is 0 Å². The lowest BCUT2D eigenvalue weighted by Gasteiger charge is -2.15. The Kier molecular flexibility index (Phi) is 6.53. The number of nitrogens with zero attached hydrogens (tertiary/aromatic N) is 2. The number of hydrogen-bond donors (Lipinski definition) is 0. The highest BCUT2D eigenvalue weighted by Gasteiger charge is 2.21. The summed E-state index contributed by atoms with van der Waals surface area (Å²) in [6.07, 6.45) is 0. The third-order valence-corrected chi connectivity index (χ3v) is 10.1. The summed E-state index contributed by atoms with van der Waals surface area (Å²) in [5.74, 6) is 0. The number of rotatable bonds is 5. The predicted molar refractivity (Wildman–Crippen MR) is 211 cm³/mol. The lowest BCUT2D eigenvalue weighted by atomic mass is 9.95. The van der Waals surface area contributed by atoms with E-state index in [1.54, 1.807) is 0 Å². The molecule has 0 fully saturated rings. The van der Waals surface area contributed by atoms with Gasteiger partial charge >= 0.3 is 0 Å². The molecule has 0 radical (unpaired) electrons. The van der Waals surface area contributed by atoms with E-state index in [9.17, 15) is 0 Å². The van der Waals surface area contributed by atoms with Crippen LogP contribution in [0.5, 0.6) is 0 Å². The Balaban J connectivity index is 1.34. The van der Waals surface area contributed by atoms with Gasteiger partial charge in [0.2, 0.25) is 0 Å². The maximum atomic E-state index is 2.49. The SMILES string of the molecule is c1ccc(-c2ccc3c(c2)c2cc(-c4ccccc4)cc(-c4ccccc4)c2n3-c2ccc3c4ccccc4n(-c4ccccc4)c3c2)cc1. The number of hydrogen-bond acceptors (Lipinski definition) is 0. The fourth-order valence-corrected chi connectivity index (χ4v) is 7.81. The van der Waals surface area contributed by atoms with Gasteiger partial charge < -0.3 is 9.13 Å². The molecule has 0 aliphatic rings. The van der Waals surface area contributed by atoms with Gasteiger partial charge in [0.15, 0.2) is 0 Å². The first-order valence-electron chi connectivity index (χ1n) is 17.2. The van der Waals surface area contributed by atoms with Crippen LogP contribution in [0.2, 0.25) is 0 Å². The molecule has 0 amide bonds. The van der Waals surface area contributed by atoms with E-state index in [0.717, 1.165) is 11.4 Å². The predicted octanol–water partition coefficient (Wildman–Crippen LogP) is 12.9. The van der Waals surface area contributed by atoms with Crippen LogP contribution >= 0.6 is 0 Å². The summed E-state index contributed by atoms with van der Waals surface area (Å²) in [5, 5.41) is 4.97. The smallest absolute Gasteiger partial charge is 0.0619 e. The highest BCUT2D eigenvalue weighted by Crippen LogP contribution is 2.43. The summed E-state index contributed by atoms with van der Waals surface area (Å²) in [4.78, 5) is 0. The third kappa shape index (κ3) is 4.50. The van der Waals surface area contributed by atoms with Crippen molar-refractivity contribution in [3.05, 3.63) is 194 Å². The van der Waals surface area contributed by atoms with Crippen LogP contribution in [0.1, 0.15) is 0 Å². The maximum Gasteiger partial charge on any atom is 0.0619 e. The van der Waals surface area contributed by atoms with Crippen molar-refractivity contribution in [1.82, 2.24) is 9.13 Å². The van der Waals surface area contributed by atoms with Crippen molar-refractivity contribution in [3.63, 3.8) is 0 Å². The zero-order valence-corrected chi connectivity index (χ0v) is 27.4. The number of aromatic nitrogens is 2. The fourth-order valence-electron chi connectivity index (χ4n) is 7.81. The van der Waals surface area contributed by atoms with Crippen molar-refractivity contribution in [2.75, 3.05) is 0 Å². The van der Waals surface area contributed by atoms with E-state index in [2.05, 4.69) is 203 Å². The molecule has 10 rings (SSSR count). The number of para-hydroxylation sites is 2. The van der Waals surface area contributed by atoms with Crippen LogP contribution in [0.4, 0.5) is 0 Å². The quantitative estimate of drug-likeness (QED) is 0.178. The minimum atomic E-state index is 1.13. The van der Waals surface area contributed by atoms with Crippen LogP contribution in [0.3, 0.4) is 0 Å². The Morgan fingerprint density at radius 2 is 0.820 bits per heavy atom. The Morgan fingerprint density at radius 3 is 1.54 bits per heavy atom. The maximum absolute atomic E-state index is 2.49. The second-order valence-corrected chi connectivity index (χ2v) is 13.0. The zero-order chi connectivity index (χ0) is 33.0. The van der Waals surface area contributed by atoms with Crippen LogP contribution < -0.4 is 0 Å². The Hall–Kier alpha value is -6.64. The molecule has 8 aromatic carbocycles. The standard InChI is InChI=1S/C48H32N2/c1-5-15-33(16-6-1)36-25-28-46-43(29-36)44-31-37(34-17-7-2-8-18-34)30-42(35-19-9-3-10-20-35)48(44)50(46)39-26-27-41-40-23-13-14-24-45(40)49(47(41)32-39)38-21-11-4-12-22-38/h1-32H. The average Bonchev–Trinajstić information content (AvgIpc) is 3.71. The van der Waals surface area contributed by atoms with Crippen molar-refractivity contribution >= 4 is 43.6 Å². The highest BCUT2D eigenvalue weighted by atomic mass is 15.0. The van der Waals surface area contributed by atoms with Gasteiger partial charge in [0.1, 0.15) is 0 Å². The molecule has 234 valence electrons. The van der Waals surface area contributed by atoms with E-state index in [0.29, 0.717) is 0 Å². The largest absolute Gasteiger partial charge is 0.309 e. The van der Waals surface area contributed by atoms with Gasteiger partial charge in [0.25, 0.3) is 0 Å². The molecule has 0 aliphatic carbocycles. The Labute approximate surface area is 290 Å². The first-order chi connectivity index (χ1) is 24.8. The summed E-state index contributed by atoms with van der Waals surface area (Å²) < 4.78 is 4.89. The van der Waals surface area contributed by atoms with Crippen molar-refractivity contribution < 1.29 is 0 Å². The molecule has 2 heteroatoms. The van der Waals surface area contributed by atoms with Crippen molar-refractivity contribution in [2.24, 2.45) is 0 Å². The highest BCUT2D eigenvalue weighted by molar-refractivity contribution is 6.17. The number of benzene rings is 8. The molecule has 50 heavy (non-hydrogen) atoms. The zero-order valence-electron chi connectivity index (χ0n) is 27.4. The summed E-state index contributed by atoms with van der Waals surface area (Å²) in [5.41, 5.74) is 14.3. The second-order valence-electron chi connectivity index (χ2n) is 13.0.